The Morgan fingerprint density at radius 3 is 0.938 bits per heavy atom. The van der Waals surface area contributed by atoms with Crippen LogP contribution in [0.25, 0.3) is 55.0 Å². The zero-order chi connectivity index (χ0) is 31.5. The number of rotatable bonds is 2. The van der Waals surface area contributed by atoms with Crippen LogP contribution in [0.5, 0.6) is 0 Å². The van der Waals surface area contributed by atoms with Gasteiger partial charge in [0.25, 0.3) is 0 Å². The third-order valence-corrected chi connectivity index (χ3v) is 5.73. The molecule has 0 unspecified atom stereocenters. The van der Waals surface area contributed by atoms with Crippen LogP contribution >= 0.6 is 0 Å². The summed E-state index contributed by atoms with van der Waals surface area (Å²) in [5, 5.41) is 0.945. The Bertz CT molecular complexity index is 2090. The lowest BCUT2D eigenvalue weighted by atomic mass is 10.2. The molecule has 0 bridgehead atoms. The molecule has 0 N–H and O–H groups in total. The standard InChI is InChI=1S/C30H20N2/c1-5-13-27-23(9-1)24-10-2-6-14-28(24)31(27)21-17-19-22(20-18-21)32-29-15-7-3-11-25(29)26-12-4-8-16-30(26)32/h1-20H/i1D,2D,3D,4D,5D,6D,7D,8D,9D,10D,11D,12D. The molecule has 5 aromatic carbocycles. The van der Waals surface area contributed by atoms with Gasteiger partial charge in [0, 0.05) is 32.9 Å². The average molecular weight is 421 g/mol. The smallest absolute Gasteiger partial charge is 0.0630 e. The monoisotopic (exact) mass is 420 g/mol. The highest BCUT2D eigenvalue weighted by Gasteiger charge is 2.13. The van der Waals surface area contributed by atoms with Gasteiger partial charge in [-0.15, -0.1) is 0 Å². The van der Waals surface area contributed by atoms with Crippen molar-refractivity contribution in [3.63, 3.8) is 0 Å². The van der Waals surface area contributed by atoms with E-state index in [2.05, 4.69) is 0 Å². The van der Waals surface area contributed by atoms with Gasteiger partial charge in [0.05, 0.1) is 38.5 Å². The third kappa shape index (κ3) is 2.35. The molecule has 7 aromatic rings. The Kier molecular flexibility index (Phi) is 1.95. The van der Waals surface area contributed by atoms with Crippen LogP contribution in [-0.2, 0) is 0 Å². The van der Waals surface area contributed by atoms with E-state index in [0.29, 0.717) is 33.4 Å². The minimum Gasteiger partial charge on any atom is -0.309 e. The van der Waals surface area contributed by atoms with Gasteiger partial charge < -0.3 is 9.13 Å². The maximum atomic E-state index is 8.59. The lowest BCUT2D eigenvalue weighted by molar-refractivity contribution is 1.14. The van der Waals surface area contributed by atoms with Crippen molar-refractivity contribution in [3.05, 3.63) is 121 Å². The summed E-state index contributed by atoms with van der Waals surface area (Å²) in [5.41, 5.74) is 2.56. The van der Waals surface area contributed by atoms with E-state index >= 15 is 0 Å². The van der Waals surface area contributed by atoms with Gasteiger partial charge in [-0.1, -0.05) is 72.5 Å². The number of aromatic nitrogens is 2. The van der Waals surface area contributed by atoms with Crippen molar-refractivity contribution >= 4 is 43.6 Å². The number of benzene rings is 5. The van der Waals surface area contributed by atoms with Crippen molar-refractivity contribution < 1.29 is 16.4 Å². The highest BCUT2D eigenvalue weighted by Crippen LogP contribution is 2.34. The van der Waals surface area contributed by atoms with Crippen LogP contribution in [0, 0.1) is 0 Å². The van der Waals surface area contributed by atoms with E-state index in [4.69, 9.17) is 16.4 Å². The summed E-state index contributed by atoms with van der Waals surface area (Å²) in [6.07, 6.45) is 0. The largest absolute Gasteiger partial charge is 0.309 e. The molecule has 0 fully saturated rings. The van der Waals surface area contributed by atoms with Gasteiger partial charge in [0.15, 0.2) is 0 Å². The third-order valence-electron chi connectivity index (χ3n) is 5.73. The van der Waals surface area contributed by atoms with Gasteiger partial charge in [-0.05, 0) is 48.5 Å². The van der Waals surface area contributed by atoms with E-state index in [1.165, 1.54) is 24.3 Å². The first-order valence-electron chi connectivity index (χ1n) is 16.0. The Hall–Kier alpha value is -4.30. The van der Waals surface area contributed by atoms with Crippen LogP contribution in [-0.4, -0.2) is 9.13 Å². The molecule has 0 amide bonds. The first-order valence-corrected chi connectivity index (χ1v) is 9.97. The molecule has 32 heavy (non-hydrogen) atoms. The molecule has 0 aliphatic heterocycles. The van der Waals surface area contributed by atoms with E-state index < -0.39 is 0 Å². The van der Waals surface area contributed by atoms with Crippen LogP contribution in [0.3, 0.4) is 0 Å². The summed E-state index contributed by atoms with van der Waals surface area (Å²) in [6, 6.07) is 9.62. The van der Waals surface area contributed by atoms with Crippen molar-refractivity contribution in [1.29, 1.82) is 0 Å². The van der Waals surface area contributed by atoms with E-state index in [-0.39, 0.29) is 94.1 Å². The molecule has 0 saturated carbocycles. The van der Waals surface area contributed by atoms with Crippen molar-refractivity contribution in [2.24, 2.45) is 0 Å². The molecule has 0 atom stereocenters. The molecule has 0 spiro atoms. The number of nitrogens with zero attached hydrogens (tertiary/aromatic N) is 2. The summed E-state index contributed by atoms with van der Waals surface area (Å²) in [6.45, 7) is 0. The van der Waals surface area contributed by atoms with E-state index in [1.54, 1.807) is 33.4 Å². The second-order valence-corrected chi connectivity index (χ2v) is 7.38. The molecule has 7 rings (SSSR count). The quantitative estimate of drug-likeness (QED) is 0.269. The zero-order valence-corrected chi connectivity index (χ0v) is 16.5. The summed E-state index contributed by atoms with van der Waals surface area (Å²) in [5.74, 6) is 0. The number of hydrogen-bond donors (Lipinski definition) is 0. The summed E-state index contributed by atoms with van der Waals surface area (Å²) in [7, 11) is 0. The highest BCUT2D eigenvalue weighted by molar-refractivity contribution is 6.10. The molecule has 2 heteroatoms. The van der Waals surface area contributed by atoms with Gasteiger partial charge in [0.1, 0.15) is 0 Å². The Labute approximate surface area is 202 Å². The molecule has 2 nitrogen and oxygen atoms in total. The Morgan fingerprint density at radius 1 is 0.375 bits per heavy atom. The predicted molar refractivity (Wildman–Crippen MR) is 135 cm³/mol. The van der Waals surface area contributed by atoms with Crippen molar-refractivity contribution in [3.8, 4) is 11.4 Å². The molecule has 150 valence electrons. The van der Waals surface area contributed by atoms with Gasteiger partial charge in [-0.3, -0.25) is 0 Å². The van der Waals surface area contributed by atoms with Gasteiger partial charge in [-0.25, -0.2) is 0 Å². The fraction of sp³-hybridized carbons (Fsp3) is 0. The van der Waals surface area contributed by atoms with E-state index in [1.807, 2.05) is 0 Å². The predicted octanol–water partition coefficient (Wildman–Crippen LogP) is 7.88. The lowest BCUT2D eigenvalue weighted by Gasteiger charge is -2.11. The topological polar surface area (TPSA) is 9.86 Å². The summed E-state index contributed by atoms with van der Waals surface area (Å²) in [4.78, 5) is 0. The zero-order valence-electron chi connectivity index (χ0n) is 28.5. The van der Waals surface area contributed by atoms with Crippen LogP contribution in [0.1, 0.15) is 16.4 Å². The second-order valence-electron chi connectivity index (χ2n) is 7.38. The minimum absolute atomic E-state index is 0.186. The molecular formula is C30H20N2. The van der Waals surface area contributed by atoms with E-state index in [0.717, 1.165) is 0 Å². The van der Waals surface area contributed by atoms with Crippen molar-refractivity contribution in [2.45, 2.75) is 0 Å². The first-order chi connectivity index (χ1) is 20.8. The first kappa shape index (κ1) is 9.46. The van der Waals surface area contributed by atoms with Gasteiger partial charge >= 0.3 is 0 Å². The molecule has 0 radical (unpaired) electrons. The summed E-state index contributed by atoms with van der Waals surface area (Å²) >= 11 is 0. The van der Waals surface area contributed by atoms with Gasteiger partial charge in [-0.2, -0.15) is 0 Å². The maximum Gasteiger partial charge on any atom is 0.0630 e. The van der Waals surface area contributed by atoms with Gasteiger partial charge in [0.2, 0.25) is 0 Å². The maximum absolute atomic E-state index is 8.59. The lowest BCUT2D eigenvalue weighted by Crippen LogP contribution is -1.97. The molecular weight excluding hydrogens is 388 g/mol. The SMILES string of the molecule is [2H]c1cc2c(c([2H])c1[2H])c1c([2H])c([2H])c([2H])cc1n2-c1ccc(-n2c3cc([2H])c([2H])c([2H])c3c3c([2H])c([2H])c([2H])cc32)cc1. The molecule has 0 saturated heterocycles. The van der Waals surface area contributed by atoms with Crippen molar-refractivity contribution in [2.75, 3.05) is 0 Å². The number of fused-ring (bicyclic) bond motifs is 6. The van der Waals surface area contributed by atoms with Crippen LogP contribution in [0.2, 0.25) is 0 Å². The number of para-hydroxylation sites is 4. The van der Waals surface area contributed by atoms with Crippen LogP contribution in [0.4, 0.5) is 0 Å². The van der Waals surface area contributed by atoms with Crippen LogP contribution < -0.4 is 0 Å². The van der Waals surface area contributed by atoms with E-state index in [9.17, 15) is 0 Å². The Balaban J connectivity index is 1.55. The number of hydrogen-bond acceptors (Lipinski definition) is 0. The molecule has 0 aliphatic carbocycles. The molecule has 2 heterocycles. The average Bonchev–Trinajstić information content (AvgIpc) is 3.48. The molecule has 0 aliphatic rings. The van der Waals surface area contributed by atoms with Crippen LogP contribution in [0.15, 0.2) is 121 Å². The molecule has 2 aromatic heterocycles. The summed E-state index contributed by atoms with van der Waals surface area (Å²) < 4.78 is 104. The fourth-order valence-corrected chi connectivity index (χ4v) is 4.39. The highest BCUT2D eigenvalue weighted by atomic mass is 15.0. The normalized spacial score (nSPS) is 17.0. The Morgan fingerprint density at radius 2 is 0.656 bits per heavy atom. The second kappa shape index (κ2) is 6.60. The fourth-order valence-electron chi connectivity index (χ4n) is 4.39. The minimum atomic E-state index is -0.309. The van der Waals surface area contributed by atoms with Crippen molar-refractivity contribution in [1.82, 2.24) is 9.13 Å².